The minimum atomic E-state index is -0.275. The van der Waals surface area contributed by atoms with E-state index in [4.69, 9.17) is 11.1 Å². The maximum atomic E-state index is 14.2. The summed E-state index contributed by atoms with van der Waals surface area (Å²) in [6, 6.07) is 5.22. The standard InChI is InChI=1S/C14H19FN2/c1-14(2,3)7-10-5-4-6-12(13(10)15)11(8-16)9-17/h4-6,8-9,16H,7,17H2,1-3H3/b11-9+,16-8?. The monoisotopic (exact) mass is 234 g/mol. The summed E-state index contributed by atoms with van der Waals surface area (Å²) >= 11 is 0. The van der Waals surface area contributed by atoms with Crippen LogP contribution in [0.5, 0.6) is 0 Å². The first-order chi connectivity index (χ1) is 7.89. The van der Waals surface area contributed by atoms with Crippen LogP contribution in [0.4, 0.5) is 4.39 Å². The van der Waals surface area contributed by atoms with Gasteiger partial charge in [0.15, 0.2) is 0 Å². The van der Waals surface area contributed by atoms with Gasteiger partial charge < -0.3 is 11.1 Å². The van der Waals surface area contributed by atoms with Crippen molar-refractivity contribution < 1.29 is 4.39 Å². The van der Waals surface area contributed by atoms with Gasteiger partial charge in [-0.05, 0) is 17.4 Å². The van der Waals surface area contributed by atoms with Gasteiger partial charge in [0, 0.05) is 23.6 Å². The molecule has 0 bridgehead atoms. The number of benzene rings is 1. The molecule has 92 valence electrons. The molecule has 0 saturated heterocycles. The smallest absolute Gasteiger partial charge is 0.134 e. The van der Waals surface area contributed by atoms with Crippen LogP contribution in [0, 0.1) is 16.6 Å². The Hall–Kier alpha value is -1.64. The summed E-state index contributed by atoms with van der Waals surface area (Å²) in [7, 11) is 0. The molecule has 1 aromatic rings. The quantitative estimate of drug-likeness (QED) is 0.774. The van der Waals surface area contributed by atoms with Crippen LogP contribution in [0.25, 0.3) is 5.57 Å². The second-order valence-electron chi connectivity index (χ2n) is 5.28. The zero-order chi connectivity index (χ0) is 13.1. The molecule has 0 aliphatic carbocycles. The molecule has 2 nitrogen and oxygen atoms in total. The molecule has 0 unspecified atom stereocenters. The molecule has 0 spiro atoms. The van der Waals surface area contributed by atoms with Crippen molar-refractivity contribution in [2.24, 2.45) is 11.1 Å². The van der Waals surface area contributed by atoms with Crippen molar-refractivity contribution in [3.05, 3.63) is 41.3 Å². The van der Waals surface area contributed by atoms with Gasteiger partial charge >= 0.3 is 0 Å². The third kappa shape index (κ3) is 3.41. The summed E-state index contributed by atoms with van der Waals surface area (Å²) in [6.07, 6.45) is 2.98. The first-order valence-corrected chi connectivity index (χ1v) is 5.59. The molecule has 0 aromatic heterocycles. The summed E-state index contributed by atoms with van der Waals surface area (Å²) in [5.41, 5.74) is 6.86. The molecule has 0 heterocycles. The van der Waals surface area contributed by atoms with Crippen LogP contribution in [-0.2, 0) is 6.42 Å². The fraction of sp³-hybridized carbons (Fsp3) is 0.357. The van der Waals surface area contributed by atoms with Gasteiger partial charge in [-0.3, -0.25) is 0 Å². The average Bonchev–Trinajstić information content (AvgIpc) is 2.23. The lowest BCUT2D eigenvalue weighted by Crippen LogP contribution is -2.11. The van der Waals surface area contributed by atoms with E-state index < -0.39 is 0 Å². The van der Waals surface area contributed by atoms with Crippen molar-refractivity contribution in [1.29, 1.82) is 5.41 Å². The highest BCUT2D eigenvalue weighted by Crippen LogP contribution is 2.26. The van der Waals surface area contributed by atoms with Crippen LogP contribution in [0.3, 0.4) is 0 Å². The van der Waals surface area contributed by atoms with Crippen LogP contribution in [-0.4, -0.2) is 6.21 Å². The van der Waals surface area contributed by atoms with Crippen LogP contribution in [0.15, 0.2) is 24.4 Å². The van der Waals surface area contributed by atoms with Gasteiger partial charge in [0.2, 0.25) is 0 Å². The van der Waals surface area contributed by atoms with Crippen molar-refractivity contribution in [3.63, 3.8) is 0 Å². The minimum Gasteiger partial charge on any atom is -0.404 e. The Bertz CT molecular complexity index is 442. The number of halogens is 1. The van der Waals surface area contributed by atoms with Crippen molar-refractivity contribution in [1.82, 2.24) is 0 Å². The maximum Gasteiger partial charge on any atom is 0.134 e. The third-order valence-corrected chi connectivity index (χ3v) is 2.45. The van der Waals surface area contributed by atoms with Crippen molar-refractivity contribution in [3.8, 4) is 0 Å². The number of nitrogens with one attached hydrogen (secondary N) is 1. The zero-order valence-corrected chi connectivity index (χ0v) is 10.5. The van der Waals surface area contributed by atoms with E-state index in [0.717, 1.165) is 6.21 Å². The largest absolute Gasteiger partial charge is 0.404 e. The molecule has 17 heavy (non-hydrogen) atoms. The molecule has 0 saturated carbocycles. The molecule has 0 fully saturated rings. The molecule has 0 aliphatic rings. The molecule has 3 heteroatoms. The first kappa shape index (κ1) is 13.4. The van der Waals surface area contributed by atoms with E-state index in [-0.39, 0.29) is 11.2 Å². The number of hydrogen-bond acceptors (Lipinski definition) is 2. The van der Waals surface area contributed by atoms with Crippen LogP contribution < -0.4 is 5.73 Å². The Labute approximate surface area is 102 Å². The van der Waals surface area contributed by atoms with Crippen molar-refractivity contribution in [2.45, 2.75) is 27.2 Å². The molecule has 3 N–H and O–H groups in total. The predicted octanol–water partition coefficient (Wildman–Crippen LogP) is 3.36. The molecular formula is C14H19FN2. The Morgan fingerprint density at radius 2 is 2.06 bits per heavy atom. The second kappa shape index (κ2) is 5.13. The molecular weight excluding hydrogens is 215 g/mol. The maximum absolute atomic E-state index is 14.2. The number of nitrogens with two attached hydrogens (primary N) is 1. The molecule has 1 aromatic carbocycles. The SMILES string of the molecule is CC(C)(C)Cc1cccc(/C(C=N)=C/N)c1F. The number of allylic oxidation sites excluding steroid dienone is 1. The van der Waals surface area contributed by atoms with E-state index in [1.165, 1.54) is 6.20 Å². The van der Waals surface area contributed by atoms with E-state index in [1.807, 2.05) is 0 Å². The molecule has 0 atom stereocenters. The third-order valence-electron chi connectivity index (χ3n) is 2.45. The second-order valence-corrected chi connectivity index (χ2v) is 5.28. The van der Waals surface area contributed by atoms with E-state index in [0.29, 0.717) is 23.1 Å². The van der Waals surface area contributed by atoms with E-state index in [1.54, 1.807) is 18.2 Å². The van der Waals surface area contributed by atoms with Crippen molar-refractivity contribution >= 4 is 11.8 Å². The van der Waals surface area contributed by atoms with Gasteiger partial charge in [0.25, 0.3) is 0 Å². The highest BCUT2D eigenvalue weighted by molar-refractivity contribution is 6.08. The van der Waals surface area contributed by atoms with Crippen LogP contribution in [0.1, 0.15) is 31.9 Å². The van der Waals surface area contributed by atoms with Gasteiger partial charge in [-0.2, -0.15) is 0 Å². The van der Waals surface area contributed by atoms with Gasteiger partial charge in [0.05, 0.1) is 0 Å². The fourth-order valence-corrected chi connectivity index (χ4v) is 1.73. The highest BCUT2D eigenvalue weighted by Gasteiger charge is 2.16. The summed E-state index contributed by atoms with van der Waals surface area (Å²) in [6.45, 7) is 6.19. The van der Waals surface area contributed by atoms with Gasteiger partial charge in [-0.25, -0.2) is 4.39 Å². The first-order valence-electron chi connectivity index (χ1n) is 5.59. The summed E-state index contributed by atoms with van der Waals surface area (Å²) < 4.78 is 14.2. The molecule has 0 amide bonds. The van der Waals surface area contributed by atoms with E-state index in [2.05, 4.69) is 20.8 Å². The lowest BCUT2D eigenvalue weighted by molar-refractivity contribution is 0.402. The Kier molecular flexibility index (Phi) is 4.05. The fourth-order valence-electron chi connectivity index (χ4n) is 1.73. The van der Waals surface area contributed by atoms with Crippen LogP contribution >= 0.6 is 0 Å². The van der Waals surface area contributed by atoms with Crippen LogP contribution in [0.2, 0.25) is 0 Å². The van der Waals surface area contributed by atoms with Gasteiger partial charge in [-0.1, -0.05) is 39.0 Å². The lowest BCUT2D eigenvalue weighted by atomic mass is 9.87. The predicted molar refractivity (Wildman–Crippen MR) is 70.5 cm³/mol. The van der Waals surface area contributed by atoms with Crippen molar-refractivity contribution in [2.75, 3.05) is 0 Å². The molecule has 0 radical (unpaired) electrons. The Morgan fingerprint density at radius 1 is 1.41 bits per heavy atom. The summed E-state index contributed by atoms with van der Waals surface area (Å²) in [4.78, 5) is 0. The minimum absolute atomic E-state index is 0.0245. The highest BCUT2D eigenvalue weighted by atomic mass is 19.1. The normalized spacial score (nSPS) is 12.6. The summed E-state index contributed by atoms with van der Waals surface area (Å²) in [5.74, 6) is -0.275. The summed E-state index contributed by atoms with van der Waals surface area (Å²) in [5, 5.41) is 7.20. The molecule has 0 aliphatic heterocycles. The molecule has 1 rings (SSSR count). The van der Waals surface area contributed by atoms with Gasteiger partial charge in [0.1, 0.15) is 5.82 Å². The number of hydrogen-bond donors (Lipinski definition) is 2. The Morgan fingerprint density at radius 3 is 2.53 bits per heavy atom. The topological polar surface area (TPSA) is 49.9 Å². The van der Waals surface area contributed by atoms with Gasteiger partial charge in [-0.15, -0.1) is 0 Å². The van der Waals surface area contributed by atoms with E-state index >= 15 is 0 Å². The zero-order valence-electron chi connectivity index (χ0n) is 10.5. The Balaban J connectivity index is 3.20. The lowest BCUT2D eigenvalue weighted by Gasteiger charge is -2.19. The number of rotatable bonds is 3. The average molecular weight is 234 g/mol. The van der Waals surface area contributed by atoms with E-state index in [9.17, 15) is 4.39 Å².